The average molecular weight is 275 g/mol. The first-order chi connectivity index (χ1) is 8.57. The van der Waals surface area contributed by atoms with Crippen molar-refractivity contribution in [1.82, 2.24) is 5.32 Å². The van der Waals surface area contributed by atoms with Crippen LogP contribution in [-0.4, -0.2) is 17.5 Å². The van der Waals surface area contributed by atoms with Crippen LogP contribution in [0.15, 0.2) is 24.3 Å². The van der Waals surface area contributed by atoms with Gasteiger partial charge in [0.25, 0.3) is 0 Å². The van der Waals surface area contributed by atoms with E-state index in [0.717, 1.165) is 30.4 Å². The number of benzene rings is 1. The summed E-state index contributed by atoms with van der Waals surface area (Å²) in [5, 5.41) is 3.23. The Morgan fingerprint density at radius 1 is 1.28 bits per heavy atom. The van der Waals surface area contributed by atoms with Crippen molar-refractivity contribution in [2.75, 3.05) is 11.5 Å². The minimum absolute atomic E-state index is 0.293. The first kappa shape index (κ1) is 13.7. The SMILES string of the molecule is FC(F)(F)c1ccccc1CNC1CCCSC1. The molecule has 1 unspecified atom stereocenters. The molecule has 1 aromatic rings. The van der Waals surface area contributed by atoms with Gasteiger partial charge in [0.05, 0.1) is 5.56 Å². The molecule has 5 heteroatoms. The van der Waals surface area contributed by atoms with Crippen molar-refractivity contribution in [3.8, 4) is 0 Å². The zero-order chi connectivity index (χ0) is 13.0. The maximum Gasteiger partial charge on any atom is 0.416 e. The van der Waals surface area contributed by atoms with Crippen LogP contribution in [0.25, 0.3) is 0 Å². The number of halogens is 3. The maximum atomic E-state index is 12.8. The molecule has 1 aromatic carbocycles. The van der Waals surface area contributed by atoms with Gasteiger partial charge in [-0.2, -0.15) is 24.9 Å². The molecule has 1 atom stereocenters. The van der Waals surface area contributed by atoms with Crippen LogP contribution in [-0.2, 0) is 12.7 Å². The highest BCUT2D eigenvalue weighted by atomic mass is 32.2. The molecule has 1 aliphatic heterocycles. The monoisotopic (exact) mass is 275 g/mol. The van der Waals surface area contributed by atoms with Gasteiger partial charge < -0.3 is 5.32 Å². The van der Waals surface area contributed by atoms with Crippen molar-refractivity contribution >= 4 is 11.8 Å². The van der Waals surface area contributed by atoms with E-state index in [1.807, 2.05) is 11.8 Å². The molecule has 1 saturated heterocycles. The summed E-state index contributed by atoms with van der Waals surface area (Å²) < 4.78 is 38.3. The molecule has 0 radical (unpaired) electrons. The highest BCUT2D eigenvalue weighted by molar-refractivity contribution is 7.99. The number of alkyl halides is 3. The summed E-state index contributed by atoms with van der Waals surface area (Å²) in [6, 6.07) is 6.12. The van der Waals surface area contributed by atoms with Gasteiger partial charge in [0, 0.05) is 18.3 Å². The summed E-state index contributed by atoms with van der Waals surface area (Å²) in [6.45, 7) is 0.293. The summed E-state index contributed by atoms with van der Waals surface area (Å²) in [6.07, 6.45) is -2.07. The summed E-state index contributed by atoms with van der Waals surface area (Å²) >= 11 is 1.86. The van der Waals surface area contributed by atoms with Crippen LogP contribution in [0.2, 0.25) is 0 Å². The molecule has 100 valence electrons. The molecular formula is C13H16F3NS. The Morgan fingerprint density at radius 2 is 2.06 bits per heavy atom. The van der Waals surface area contributed by atoms with Crippen molar-refractivity contribution in [2.45, 2.75) is 31.6 Å². The first-order valence-corrected chi connectivity index (χ1v) is 7.19. The molecule has 1 N–H and O–H groups in total. The maximum absolute atomic E-state index is 12.8. The molecule has 0 amide bonds. The van der Waals surface area contributed by atoms with E-state index in [0.29, 0.717) is 18.2 Å². The van der Waals surface area contributed by atoms with E-state index in [-0.39, 0.29) is 0 Å². The lowest BCUT2D eigenvalue weighted by Gasteiger charge is -2.23. The van der Waals surface area contributed by atoms with Gasteiger partial charge in [-0.15, -0.1) is 0 Å². The van der Waals surface area contributed by atoms with Crippen LogP contribution in [0.5, 0.6) is 0 Å². The third-order valence-electron chi connectivity index (χ3n) is 3.06. The van der Waals surface area contributed by atoms with Gasteiger partial charge in [0.2, 0.25) is 0 Å². The molecule has 0 aromatic heterocycles. The topological polar surface area (TPSA) is 12.0 Å². The van der Waals surface area contributed by atoms with E-state index in [9.17, 15) is 13.2 Å². The number of thioether (sulfide) groups is 1. The lowest BCUT2D eigenvalue weighted by atomic mass is 10.1. The van der Waals surface area contributed by atoms with Crippen LogP contribution >= 0.6 is 11.8 Å². The Morgan fingerprint density at radius 3 is 2.72 bits per heavy atom. The van der Waals surface area contributed by atoms with Gasteiger partial charge in [-0.25, -0.2) is 0 Å². The highest BCUT2D eigenvalue weighted by Gasteiger charge is 2.32. The quantitative estimate of drug-likeness (QED) is 0.903. The second kappa shape index (κ2) is 5.97. The van der Waals surface area contributed by atoms with Gasteiger partial charge in [-0.05, 0) is 30.2 Å². The van der Waals surface area contributed by atoms with Crippen LogP contribution < -0.4 is 5.32 Å². The summed E-state index contributed by atoms with van der Waals surface area (Å²) in [7, 11) is 0. The van der Waals surface area contributed by atoms with Crippen molar-refractivity contribution in [3.63, 3.8) is 0 Å². The molecule has 0 aliphatic carbocycles. The standard InChI is InChI=1S/C13H16F3NS/c14-13(15,16)12-6-2-1-4-10(12)8-17-11-5-3-7-18-9-11/h1-2,4,6,11,17H,3,5,7-9H2. The van der Waals surface area contributed by atoms with Crippen molar-refractivity contribution in [3.05, 3.63) is 35.4 Å². The number of rotatable bonds is 3. The fraction of sp³-hybridized carbons (Fsp3) is 0.538. The fourth-order valence-corrected chi connectivity index (χ4v) is 3.21. The normalized spacial score (nSPS) is 20.9. The van der Waals surface area contributed by atoms with Crippen LogP contribution in [0, 0.1) is 0 Å². The molecular weight excluding hydrogens is 259 g/mol. The molecule has 2 rings (SSSR count). The van der Waals surface area contributed by atoms with E-state index in [2.05, 4.69) is 5.32 Å². The molecule has 18 heavy (non-hydrogen) atoms. The largest absolute Gasteiger partial charge is 0.416 e. The van der Waals surface area contributed by atoms with Gasteiger partial charge >= 0.3 is 6.18 Å². The van der Waals surface area contributed by atoms with Gasteiger partial charge in [-0.1, -0.05) is 18.2 Å². The van der Waals surface area contributed by atoms with Crippen molar-refractivity contribution < 1.29 is 13.2 Å². The molecule has 1 nitrogen and oxygen atoms in total. The second-order valence-electron chi connectivity index (χ2n) is 4.45. The Kier molecular flexibility index (Phi) is 4.56. The molecule has 1 aliphatic rings. The Bertz CT molecular complexity index is 386. The van der Waals surface area contributed by atoms with E-state index < -0.39 is 11.7 Å². The summed E-state index contributed by atoms with van der Waals surface area (Å²) in [5.41, 5.74) is -0.193. The summed E-state index contributed by atoms with van der Waals surface area (Å²) in [5.74, 6) is 2.16. The van der Waals surface area contributed by atoms with E-state index in [4.69, 9.17) is 0 Å². The van der Waals surface area contributed by atoms with Crippen molar-refractivity contribution in [2.24, 2.45) is 0 Å². The van der Waals surface area contributed by atoms with Crippen LogP contribution in [0.3, 0.4) is 0 Å². The Balaban J connectivity index is 2.00. The second-order valence-corrected chi connectivity index (χ2v) is 5.60. The number of hydrogen-bond donors (Lipinski definition) is 1. The van der Waals surface area contributed by atoms with E-state index >= 15 is 0 Å². The predicted octanol–water partition coefficient (Wildman–Crippen LogP) is 3.69. The Hall–Kier alpha value is -0.680. The molecule has 0 saturated carbocycles. The third-order valence-corrected chi connectivity index (χ3v) is 4.28. The Labute approximate surface area is 109 Å². The van der Waals surface area contributed by atoms with Crippen molar-refractivity contribution in [1.29, 1.82) is 0 Å². The third kappa shape index (κ3) is 3.65. The zero-order valence-electron chi connectivity index (χ0n) is 9.96. The fourth-order valence-electron chi connectivity index (χ4n) is 2.11. The average Bonchev–Trinajstić information content (AvgIpc) is 2.37. The smallest absolute Gasteiger partial charge is 0.309 e. The minimum Gasteiger partial charge on any atom is -0.309 e. The zero-order valence-corrected chi connectivity index (χ0v) is 10.8. The van der Waals surface area contributed by atoms with Gasteiger partial charge in [0.15, 0.2) is 0 Å². The van der Waals surface area contributed by atoms with E-state index in [1.165, 1.54) is 6.07 Å². The summed E-state index contributed by atoms with van der Waals surface area (Å²) in [4.78, 5) is 0. The van der Waals surface area contributed by atoms with E-state index in [1.54, 1.807) is 12.1 Å². The lowest BCUT2D eigenvalue weighted by Crippen LogP contribution is -2.33. The predicted molar refractivity (Wildman–Crippen MR) is 68.6 cm³/mol. The number of hydrogen-bond acceptors (Lipinski definition) is 2. The van der Waals surface area contributed by atoms with Crippen LogP contribution in [0.1, 0.15) is 24.0 Å². The lowest BCUT2D eigenvalue weighted by molar-refractivity contribution is -0.138. The molecule has 1 fully saturated rings. The number of nitrogens with one attached hydrogen (secondary N) is 1. The molecule has 0 bridgehead atoms. The molecule has 1 heterocycles. The minimum atomic E-state index is -4.26. The highest BCUT2D eigenvalue weighted by Crippen LogP contribution is 2.31. The van der Waals surface area contributed by atoms with Gasteiger partial charge in [-0.3, -0.25) is 0 Å². The first-order valence-electron chi connectivity index (χ1n) is 6.03. The van der Waals surface area contributed by atoms with Gasteiger partial charge in [0.1, 0.15) is 0 Å². The molecule has 0 spiro atoms. The van der Waals surface area contributed by atoms with Crippen LogP contribution in [0.4, 0.5) is 13.2 Å².